The zero-order valence-corrected chi connectivity index (χ0v) is 39.8. The van der Waals surface area contributed by atoms with E-state index in [4.69, 9.17) is 20.0 Å². The molecule has 372 valence electrons. The molecular weight excluding hydrogens is 1020 g/mol. The first-order valence-corrected chi connectivity index (χ1v) is 22.3. The van der Waals surface area contributed by atoms with Crippen molar-refractivity contribution in [1.29, 1.82) is 0 Å². The normalized spacial score (nSPS) is 11.3. The number of rotatable bonds is 15. The number of hydrogen-bond donors (Lipinski definition) is 5. The van der Waals surface area contributed by atoms with Gasteiger partial charge in [0.15, 0.2) is 17.4 Å². The second-order valence-electron chi connectivity index (χ2n) is 15.8. The second kappa shape index (κ2) is 21.3. The number of nitrogens with zero attached hydrogens (tertiary/aromatic N) is 8. The summed E-state index contributed by atoms with van der Waals surface area (Å²) >= 11 is 3.40. The second-order valence-corrected chi connectivity index (χ2v) is 16.4. The highest BCUT2D eigenvalue weighted by atomic mass is 79.9. The highest BCUT2D eigenvalue weighted by molar-refractivity contribution is 9.08. The zero-order chi connectivity index (χ0) is 51.4. The first kappa shape index (κ1) is 50.1. The van der Waals surface area contributed by atoms with Gasteiger partial charge in [0.25, 0.3) is 11.1 Å². The van der Waals surface area contributed by atoms with Gasteiger partial charge in [0.1, 0.15) is 22.7 Å². The van der Waals surface area contributed by atoms with Crippen LogP contribution in [0.15, 0.2) is 129 Å². The summed E-state index contributed by atoms with van der Waals surface area (Å²) in [6.45, 7) is -0.159. The monoisotopic (exact) mass is 1060 g/mol. The summed E-state index contributed by atoms with van der Waals surface area (Å²) < 4.78 is 59.9. The third-order valence-electron chi connectivity index (χ3n) is 11.3. The van der Waals surface area contributed by atoms with Crippen LogP contribution in [0.2, 0.25) is 0 Å². The summed E-state index contributed by atoms with van der Waals surface area (Å²) in [5, 5.41) is 27.8. The molecule has 9 rings (SSSR count). The van der Waals surface area contributed by atoms with Crippen LogP contribution in [-0.2, 0) is 28.4 Å². The van der Waals surface area contributed by atoms with E-state index in [2.05, 4.69) is 52.2 Å². The molecule has 5 heterocycles. The number of benzene rings is 4. The number of aromatic nitrogens is 8. The third kappa shape index (κ3) is 9.61. The molecule has 0 fully saturated rings. The predicted molar refractivity (Wildman–Crippen MR) is 261 cm³/mol. The quantitative estimate of drug-likeness (QED) is 0.0435. The fourth-order valence-corrected chi connectivity index (χ4v) is 8.55. The fourth-order valence-electron chi connectivity index (χ4n) is 7.98. The van der Waals surface area contributed by atoms with Crippen LogP contribution < -0.4 is 42.9 Å². The largest absolute Gasteiger partial charge is 0.494 e. The van der Waals surface area contributed by atoms with Gasteiger partial charge in [-0.1, -0.05) is 52.3 Å². The number of methoxy groups -OCH3 is 2. The average molecular weight is 1060 g/mol. The third-order valence-corrected chi connectivity index (χ3v) is 11.8. The number of H-pyrrole nitrogens is 1. The minimum atomic E-state index is -1.03. The van der Waals surface area contributed by atoms with Crippen molar-refractivity contribution in [3.05, 3.63) is 185 Å². The van der Waals surface area contributed by atoms with Crippen molar-refractivity contribution in [1.82, 2.24) is 43.0 Å². The molecule has 0 atom stereocenters. The SMILES string of the molecule is COc1ccc(-n2c(=O)[nH]n3cc(-c4ccc(NOO)cc4)c(CN(C)C)c3c2=O)nn1.COc1cccc(-n2c(=O)c3c(CBr)c(-c4ccc(NOO)cc4)cn3n(Cc3c(F)cccc3F)c2=O)c1F. The smallest absolute Gasteiger partial charge is 0.351 e. The molecule has 72 heavy (non-hydrogen) atoms. The lowest BCUT2D eigenvalue weighted by molar-refractivity contribution is -0.215. The first-order valence-electron chi connectivity index (χ1n) is 21.2. The Balaban J connectivity index is 0.000000197. The maximum atomic E-state index is 15.4. The number of halogens is 4. The molecule has 0 bridgehead atoms. The number of aromatic amines is 1. The highest BCUT2D eigenvalue weighted by Gasteiger charge is 2.26. The maximum absolute atomic E-state index is 15.4. The Morgan fingerprint density at radius 1 is 0.694 bits per heavy atom. The number of fused-ring (bicyclic) bond motifs is 2. The van der Waals surface area contributed by atoms with Crippen molar-refractivity contribution in [2.24, 2.45) is 0 Å². The molecule has 0 radical (unpaired) electrons. The summed E-state index contributed by atoms with van der Waals surface area (Å²) in [7, 11) is 6.46. The fraction of sp³-hybridized carbons (Fsp3) is 0.149. The molecule has 0 aliphatic carbocycles. The Morgan fingerprint density at radius 2 is 1.29 bits per heavy atom. The number of hydrogen-bond acceptors (Lipinski definition) is 15. The molecule has 4 aromatic carbocycles. The molecule has 9 aromatic rings. The van der Waals surface area contributed by atoms with E-state index < -0.39 is 52.1 Å². The van der Waals surface area contributed by atoms with Crippen LogP contribution >= 0.6 is 15.9 Å². The molecule has 0 spiro atoms. The van der Waals surface area contributed by atoms with Crippen molar-refractivity contribution in [3.63, 3.8) is 0 Å². The van der Waals surface area contributed by atoms with E-state index in [1.807, 2.05) is 19.0 Å². The minimum absolute atomic E-state index is 0.0219. The van der Waals surface area contributed by atoms with Gasteiger partial charge in [-0.05, 0) is 79.8 Å². The number of nitrogens with one attached hydrogen (secondary N) is 3. The molecule has 5 N–H and O–H groups in total. The van der Waals surface area contributed by atoms with Gasteiger partial charge in [0, 0.05) is 58.2 Å². The van der Waals surface area contributed by atoms with Gasteiger partial charge in [-0.3, -0.25) is 18.6 Å². The summed E-state index contributed by atoms with van der Waals surface area (Å²) in [5.41, 5.74) is 5.85. The van der Waals surface area contributed by atoms with Crippen molar-refractivity contribution in [3.8, 4) is 45.4 Å². The minimum Gasteiger partial charge on any atom is -0.494 e. The van der Waals surface area contributed by atoms with Gasteiger partial charge in [0.2, 0.25) is 5.88 Å². The van der Waals surface area contributed by atoms with Crippen LogP contribution in [0, 0.1) is 17.5 Å². The van der Waals surface area contributed by atoms with Crippen molar-refractivity contribution >= 4 is 38.3 Å². The predicted octanol–water partition coefficient (Wildman–Crippen LogP) is 6.23. The maximum Gasteiger partial charge on any atom is 0.351 e. The molecule has 5 aromatic heterocycles. The number of ether oxygens (including phenoxy) is 2. The van der Waals surface area contributed by atoms with E-state index in [9.17, 15) is 28.0 Å². The Kier molecular flexibility index (Phi) is 14.8. The van der Waals surface area contributed by atoms with E-state index in [-0.39, 0.29) is 34.0 Å². The number of anilines is 2. The summed E-state index contributed by atoms with van der Waals surface area (Å²) in [5.74, 6) is -2.61. The highest BCUT2D eigenvalue weighted by Crippen LogP contribution is 2.32. The van der Waals surface area contributed by atoms with Crippen LogP contribution in [0.1, 0.15) is 16.7 Å². The lowest BCUT2D eigenvalue weighted by Crippen LogP contribution is -2.43. The van der Waals surface area contributed by atoms with Gasteiger partial charge in [-0.2, -0.15) is 0 Å². The first-order chi connectivity index (χ1) is 34.7. The lowest BCUT2D eigenvalue weighted by Gasteiger charge is -2.16. The van der Waals surface area contributed by atoms with Gasteiger partial charge in [-0.25, -0.2) is 63.1 Å². The molecule has 21 nitrogen and oxygen atoms in total. The Labute approximate surface area is 411 Å². The lowest BCUT2D eigenvalue weighted by atomic mass is 10.0. The summed E-state index contributed by atoms with van der Waals surface area (Å²) in [6.07, 6.45) is 3.19. The summed E-state index contributed by atoms with van der Waals surface area (Å²) in [4.78, 5) is 63.7. The van der Waals surface area contributed by atoms with Crippen LogP contribution in [0.3, 0.4) is 0 Å². The van der Waals surface area contributed by atoms with Crippen LogP contribution in [0.5, 0.6) is 11.6 Å². The van der Waals surface area contributed by atoms with E-state index in [0.717, 1.165) is 38.1 Å². The van der Waals surface area contributed by atoms with Crippen molar-refractivity contribution < 1.29 is 43.1 Å². The van der Waals surface area contributed by atoms with E-state index >= 15 is 4.39 Å². The van der Waals surface area contributed by atoms with Gasteiger partial charge in [0.05, 0.1) is 37.8 Å². The molecule has 0 saturated carbocycles. The Bertz CT molecular complexity index is 3670. The Morgan fingerprint density at radius 3 is 1.83 bits per heavy atom. The van der Waals surface area contributed by atoms with Gasteiger partial charge in [-0.15, -0.1) is 20.2 Å². The molecular formula is C47H41BrF3N11O10. The van der Waals surface area contributed by atoms with Crippen LogP contribution in [0.4, 0.5) is 24.5 Å². The molecule has 25 heteroatoms. The van der Waals surface area contributed by atoms with Gasteiger partial charge >= 0.3 is 11.4 Å². The van der Waals surface area contributed by atoms with E-state index in [1.54, 1.807) is 54.7 Å². The zero-order valence-electron chi connectivity index (χ0n) is 38.3. The van der Waals surface area contributed by atoms with Gasteiger partial charge < -0.3 is 14.4 Å². The molecule has 0 aliphatic rings. The van der Waals surface area contributed by atoms with Crippen LogP contribution in [0.25, 0.3) is 44.8 Å². The molecule has 0 aliphatic heterocycles. The Hall–Kier alpha value is -8.33. The standard InChI is InChI=1S/C27H20BrF3N4O5.C20H21N7O5/c1-39-23-7-3-6-22(24(23)31)35-26(36)25-17(12-28)18(15-8-10-16(11-9-15)32-40-38)13-33(25)34(27(35)37)14-19-20(29)4-2-5-21(19)30;1-25(2)10-15-14(12-4-6-13(7-5-12)24-32-30)11-26-18(15)19(28)27(20(29)23-26)16-8-9-17(31-3)22-21-16/h2-11,13,32,38H,12,14H2,1H3;4-9,11,24,30H,10H2,1-3H3,(H,23,29). The molecule has 0 amide bonds. The molecule has 0 saturated heterocycles. The number of alkyl halides is 1. The van der Waals surface area contributed by atoms with E-state index in [0.29, 0.717) is 44.7 Å². The average Bonchev–Trinajstić information content (AvgIpc) is 3.93. The van der Waals surface area contributed by atoms with Crippen LogP contribution in [-0.4, -0.2) is 81.9 Å². The topological polar surface area (TPSA) is 238 Å². The molecule has 0 unspecified atom stereocenters. The van der Waals surface area contributed by atoms with Crippen molar-refractivity contribution in [2.45, 2.75) is 18.4 Å². The van der Waals surface area contributed by atoms with E-state index in [1.165, 1.54) is 65.8 Å². The summed E-state index contributed by atoms with van der Waals surface area (Å²) in [6, 6.07) is 23.8. The van der Waals surface area contributed by atoms with Crippen molar-refractivity contribution in [2.75, 3.05) is 39.3 Å².